The Hall–Kier alpha value is -1.00. The van der Waals surface area contributed by atoms with E-state index in [1.807, 2.05) is 0 Å². The molecule has 12 atom stereocenters. The Morgan fingerprint density at radius 2 is 1.92 bits per heavy atom. The third-order valence-corrected chi connectivity index (χ3v) is 10.9. The molecule has 0 aromatic heterocycles. The zero-order valence-electron chi connectivity index (χ0n) is 21.8. The van der Waals surface area contributed by atoms with Gasteiger partial charge in [0.1, 0.15) is 30.2 Å². The van der Waals surface area contributed by atoms with E-state index in [1.165, 1.54) is 24.0 Å². The van der Waals surface area contributed by atoms with Crippen molar-refractivity contribution in [2.75, 3.05) is 20.3 Å². The first-order valence-corrected chi connectivity index (χ1v) is 13.8. The largest absolute Gasteiger partial charge is 0.491 e. The van der Waals surface area contributed by atoms with E-state index in [4.69, 9.17) is 28.4 Å². The highest BCUT2D eigenvalue weighted by Crippen LogP contribution is 2.68. The second-order valence-electron chi connectivity index (χ2n) is 12.6. The Morgan fingerprint density at radius 1 is 1.08 bits per heavy atom. The average Bonchev–Trinajstić information content (AvgIpc) is 3.48. The zero-order valence-corrected chi connectivity index (χ0v) is 21.8. The third-order valence-electron chi connectivity index (χ3n) is 10.9. The van der Waals surface area contributed by atoms with Gasteiger partial charge in [0.15, 0.2) is 12.1 Å². The maximum atomic E-state index is 10.7. The lowest BCUT2D eigenvalue weighted by atomic mass is 9.52. The van der Waals surface area contributed by atoms with Crippen molar-refractivity contribution in [3.63, 3.8) is 0 Å². The van der Waals surface area contributed by atoms with Gasteiger partial charge in [0.25, 0.3) is 0 Å². The van der Waals surface area contributed by atoms with Crippen molar-refractivity contribution in [1.29, 1.82) is 0 Å². The second-order valence-corrected chi connectivity index (χ2v) is 12.6. The number of aliphatic hydroxyl groups excluding tert-OH is 2. The van der Waals surface area contributed by atoms with Crippen LogP contribution < -0.4 is 0 Å². The van der Waals surface area contributed by atoms with Crippen molar-refractivity contribution in [3.8, 4) is 0 Å². The van der Waals surface area contributed by atoms with Crippen LogP contribution in [0.2, 0.25) is 0 Å². The summed E-state index contributed by atoms with van der Waals surface area (Å²) in [7, 11) is 1.50. The van der Waals surface area contributed by atoms with Gasteiger partial charge in [0, 0.05) is 7.11 Å². The number of hydrogen-bond acceptors (Lipinski definition) is 8. The highest BCUT2D eigenvalue weighted by atomic mass is 16.7. The SMILES string of the molecule is COC1C(O)C(C)OC(OC2CCC3(C)C(=CCC4=C5OC6COC7(C)OCC5(CCC43)C67)C2)C1O. The molecular formula is C28H40O8. The smallest absolute Gasteiger partial charge is 0.186 e. The van der Waals surface area contributed by atoms with E-state index in [-0.39, 0.29) is 23.0 Å². The minimum Gasteiger partial charge on any atom is -0.491 e. The van der Waals surface area contributed by atoms with E-state index in [1.54, 1.807) is 6.92 Å². The summed E-state index contributed by atoms with van der Waals surface area (Å²) in [5, 5.41) is 21.0. The summed E-state index contributed by atoms with van der Waals surface area (Å²) >= 11 is 0. The van der Waals surface area contributed by atoms with E-state index in [2.05, 4.69) is 19.9 Å². The topological polar surface area (TPSA) is 95.8 Å². The Kier molecular flexibility index (Phi) is 5.35. The molecule has 200 valence electrons. The molecule has 0 radical (unpaired) electrons. The van der Waals surface area contributed by atoms with Crippen molar-refractivity contribution >= 4 is 0 Å². The van der Waals surface area contributed by atoms with Gasteiger partial charge in [0.2, 0.25) is 0 Å². The number of ether oxygens (including phenoxy) is 6. The molecule has 3 aliphatic carbocycles. The van der Waals surface area contributed by atoms with Crippen molar-refractivity contribution < 1.29 is 38.6 Å². The number of rotatable bonds is 3. The van der Waals surface area contributed by atoms with Crippen LogP contribution in [0, 0.1) is 22.7 Å². The van der Waals surface area contributed by atoms with Crippen LogP contribution in [0.15, 0.2) is 23.0 Å². The quantitative estimate of drug-likeness (QED) is 0.567. The lowest BCUT2D eigenvalue weighted by molar-refractivity contribution is -0.309. The van der Waals surface area contributed by atoms with Crippen molar-refractivity contribution in [2.24, 2.45) is 22.7 Å². The molecule has 7 rings (SSSR count). The van der Waals surface area contributed by atoms with E-state index < -0.39 is 36.5 Å². The molecule has 1 saturated carbocycles. The molecule has 8 heteroatoms. The van der Waals surface area contributed by atoms with Gasteiger partial charge in [-0.05, 0) is 69.3 Å². The van der Waals surface area contributed by atoms with Crippen LogP contribution in [0.5, 0.6) is 0 Å². The molecule has 0 aromatic carbocycles. The van der Waals surface area contributed by atoms with Gasteiger partial charge in [-0.25, -0.2) is 0 Å². The monoisotopic (exact) mass is 504 g/mol. The zero-order chi connectivity index (χ0) is 25.0. The molecule has 1 spiro atoms. The lowest BCUT2D eigenvalue weighted by Gasteiger charge is -2.52. The molecule has 8 nitrogen and oxygen atoms in total. The first-order valence-electron chi connectivity index (χ1n) is 13.8. The molecule has 4 heterocycles. The van der Waals surface area contributed by atoms with Crippen molar-refractivity contribution in [1.82, 2.24) is 0 Å². The summed E-state index contributed by atoms with van der Waals surface area (Å²) in [5.41, 5.74) is 3.02. The van der Waals surface area contributed by atoms with Gasteiger partial charge in [0.05, 0.1) is 36.8 Å². The van der Waals surface area contributed by atoms with E-state index in [0.717, 1.165) is 38.5 Å². The van der Waals surface area contributed by atoms with Crippen LogP contribution >= 0.6 is 0 Å². The van der Waals surface area contributed by atoms with E-state index in [0.29, 0.717) is 25.0 Å². The maximum Gasteiger partial charge on any atom is 0.186 e. The van der Waals surface area contributed by atoms with E-state index >= 15 is 0 Å². The fraction of sp³-hybridized carbons (Fsp3) is 0.857. The van der Waals surface area contributed by atoms with Gasteiger partial charge < -0.3 is 38.6 Å². The van der Waals surface area contributed by atoms with Crippen LogP contribution in [-0.2, 0) is 28.4 Å². The minimum atomic E-state index is -1.03. The molecule has 12 unspecified atom stereocenters. The highest BCUT2D eigenvalue weighted by molar-refractivity contribution is 5.40. The van der Waals surface area contributed by atoms with Crippen LogP contribution in [0.4, 0.5) is 0 Å². The third kappa shape index (κ3) is 3.07. The summed E-state index contributed by atoms with van der Waals surface area (Å²) in [6.07, 6.45) is 4.54. The highest BCUT2D eigenvalue weighted by Gasteiger charge is 2.72. The predicted octanol–water partition coefficient (Wildman–Crippen LogP) is 2.82. The van der Waals surface area contributed by atoms with Crippen LogP contribution in [0.1, 0.15) is 59.3 Å². The maximum absolute atomic E-state index is 10.7. The first-order chi connectivity index (χ1) is 17.2. The Balaban J connectivity index is 1.12. The Morgan fingerprint density at radius 3 is 2.72 bits per heavy atom. The van der Waals surface area contributed by atoms with Crippen molar-refractivity contribution in [2.45, 2.75) is 108 Å². The lowest BCUT2D eigenvalue weighted by Crippen LogP contribution is -2.58. The summed E-state index contributed by atoms with van der Waals surface area (Å²) in [5.74, 6) is 1.51. The van der Waals surface area contributed by atoms with Crippen LogP contribution in [0.25, 0.3) is 0 Å². The standard InChI is InChI=1S/C28H40O8/c1-14-20(29)22(31-4)21(30)25(34-14)35-16-7-9-26(2)15(11-16)5-6-17-18(26)8-10-28-13-33-27(3)23(28)19(12-32-27)36-24(17)28/h5,14,16,18-23,25,29-30H,6-13H2,1-4H3. The first kappa shape index (κ1) is 24.1. The molecule has 5 fully saturated rings. The molecule has 2 N–H and O–H groups in total. The predicted molar refractivity (Wildman–Crippen MR) is 128 cm³/mol. The number of methoxy groups -OCH3 is 1. The van der Waals surface area contributed by atoms with E-state index in [9.17, 15) is 10.2 Å². The summed E-state index contributed by atoms with van der Waals surface area (Å²) in [6, 6.07) is 0. The van der Waals surface area contributed by atoms with Crippen LogP contribution in [-0.4, -0.2) is 79.2 Å². The number of hydrogen-bond donors (Lipinski definition) is 2. The number of allylic oxidation sites excluding steroid dienone is 2. The van der Waals surface area contributed by atoms with Gasteiger partial charge in [-0.3, -0.25) is 0 Å². The number of aliphatic hydroxyl groups is 2. The van der Waals surface area contributed by atoms with Gasteiger partial charge in [-0.15, -0.1) is 0 Å². The molecule has 0 bridgehead atoms. The molecule has 4 aliphatic heterocycles. The molecule has 36 heavy (non-hydrogen) atoms. The Bertz CT molecular complexity index is 994. The molecule has 0 aromatic rings. The molecule has 0 amide bonds. The van der Waals surface area contributed by atoms with Crippen molar-refractivity contribution in [3.05, 3.63) is 23.0 Å². The minimum absolute atomic E-state index is 0.0165. The fourth-order valence-corrected chi connectivity index (χ4v) is 8.95. The number of fused-ring (bicyclic) bond motifs is 3. The second kappa shape index (κ2) is 8.01. The van der Waals surface area contributed by atoms with Gasteiger partial charge in [-0.2, -0.15) is 0 Å². The van der Waals surface area contributed by atoms with Gasteiger partial charge in [-0.1, -0.05) is 18.6 Å². The summed E-state index contributed by atoms with van der Waals surface area (Å²) in [4.78, 5) is 0. The molecule has 4 saturated heterocycles. The van der Waals surface area contributed by atoms with Crippen LogP contribution in [0.3, 0.4) is 0 Å². The average molecular weight is 505 g/mol. The molecule has 7 aliphatic rings. The fourth-order valence-electron chi connectivity index (χ4n) is 8.95. The molecular weight excluding hydrogens is 464 g/mol. The Labute approximate surface area is 212 Å². The summed E-state index contributed by atoms with van der Waals surface area (Å²) < 4.78 is 36.5. The normalized spacial score (nSPS) is 55.4. The summed E-state index contributed by atoms with van der Waals surface area (Å²) in [6.45, 7) is 7.64. The van der Waals surface area contributed by atoms with Gasteiger partial charge >= 0.3 is 0 Å².